The van der Waals surface area contributed by atoms with E-state index in [4.69, 9.17) is 15.3 Å². The van der Waals surface area contributed by atoms with Gasteiger partial charge in [-0.3, -0.25) is 4.99 Å². The molecule has 0 radical (unpaired) electrons. The Morgan fingerprint density at radius 3 is 2.42 bits per heavy atom. The Kier molecular flexibility index (Phi) is 6.50. The van der Waals surface area contributed by atoms with E-state index in [0.717, 1.165) is 28.6 Å². The van der Waals surface area contributed by atoms with Gasteiger partial charge in [-0.25, -0.2) is 0 Å². The van der Waals surface area contributed by atoms with Crippen LogP contribution >= 0.6 is 11.6 Å². The number of phenolic OH excluding ortho intramolecular Hbond substituents is 1. The molecule has 0 amide bonds. The van der Waals surface area contributed by atoms with Gasteiger partial charge >= 0.3 is 21.0 Å². The van der Waals surface area contributed by atoms with E-state index in [9.17, 15) is 5.11 Å². The van der Waals surface area contributed by atoms with Crippen molar-refractivity contribution in [2.75, 3.05) is 0 Å². The van der Waals surface area contributed by atoms with Crippen LogP contribution in [-0.4, -0.2) is 11.3 Å². The Hall–Kier alpha value is -1.42. The minimum atomic E-state index is 0.269. The van der Waals surface area contributed by atoms with Crippen molar-refractivity contribution in [3.8, 4) is 5.75 Å². The van der Waals surface area contributed by atoms with Crippen LogP contribution in [0.15, 0.2) is 47.5 Å². The molecule has 0 spiro atoms. The summed E-state index contributed by atoms with van der Waals surface area (Å²) < 4.78 is 8.19. The van der Waals surface area contributed by atoms with Gasteiger partial charge in [-0.1, -0.05) is 23.7 Å². The molecular weight excluding hydrogens is 301 g/mol. The summed E-state index contributed by atoms with van der Waals surface area (Å²) in [6.45, 7) is 1.86. The molecule has 97 valence electrons. The van der Waals surface area contributed by atoms with Gasteiger partial charge in [0.1, 0.15) is 5.75 Å². The summed E-state index contributed by atoms with van der Waals surface area (Å²) in [5.41, 5.74) is 2.35. The molecule has 0 aliphatic heterocycles. The van der Waals surface area contributed by atoms with Gasteiger partial charge in [0.25, 0.3) is 0 Å². The summed E-state index contributed by atoms with van der Waals surface area (Å²) in [4.78, 5) is 4.28. The monoisotopic (exact) mass is 312 g/mol. The Morgan fingerprint density at radius 1 is 1.16 bits per heavy atom. The summed E-state index contributed by atoms with van der Waals surface area (Å²) in [5.74, 6) is 0.269. The van der Waals surface area contributed by atoms with Crippen LogP contribution < -0.4 is 0 Å². The second-order valence-corrected chi connectivity index (χ2v) is 4.18. The molecule has 0 saturated heterocycles. The summed E-state index contributed by atoms with van der Waals surface area (Å²) in [6, 6.07) is 12.8. The van der Waals surface area contributed by atoms with Crippen LogP contribution in [0.25, 0.3) is 0 Å². The van der Waals surface area contributed by atoms with Crippen molar-refractivity contribution in [2.45, 2.75) is 6.92 Å². The van der Waals surface area contributed by atoms with Gasteiger partial charge in [0.05, 0.1) is 5.69 Å². The molecule has 5 heteroatoms. The molecule has 0 bridgehead atoms. The van der Waals surface area contributed by atoms with E-state index in [-0.39, 0.29) is 5.75 Å². The predicted octanol–water partition coefficient (Wildman–Crippen LogP) is 3.98. The van der Waals surface area contributed by atoms with Gasteiger partial charge in [0.2, 0.25) is 0 Å². The van der Waals surface area contributed by atoms with Gasteiger partial charge in [0.15, 0.2) is 0 Å². The third kappa shape index (κ3) is 4.64. The van der Waals surface area contributed by atoms with Crippen molar-refractivity contribution in [3.63, 3.8) is 0 Å². The first-order valence-corrected chi connectivity index (χ1v) is 6.38. The van der Waals surface area contributed by atoms with Crippen LogP contribution in [-0.2, 0) is 21.0 Å². The van der Waals surface area contributed by atoms with E-state index in [1.165, 1.54) is 0 Å². The summed E-state index contributed by atoms with van der Waals surface area (Å²) in [7, 11) is 0. The number of hydrogen-bond donors (Lipinski definition) is 1. The van der Waals surface area contributed by atoms with Crippen molar-refractivity contribution in [1.82, 2.24) is 0 Å². The Morgan fingerprint density at radius 2 is 1.79 bits per heavy atom. The van der Waals surface area contributed by atoms with Crippen molar-refractivity contribution < 1.29 is 26.1 Å². The Labute approximate surface area is 126 Å². The van der Waals surface area contributed by atoms with Gasteiger partial charge < -0.3 is 5.11 Å². The van der Waals surface area contributed by atoms with E-state index in [2.05, 4.69) is 4.99 Å². The number of nitrogens with zero attached hydrogens (tertiary/aromatic N) is 1. The minimum absolute atomic E-state index is 0.269. The number of phenols is 1. The fourth-order valence-electron chi connectivity index (χ4n) is 1.46. The molecule has 19 heavy (non-hydrogen) atoms. The van der Waals surface area contributed by atoms with Crippen LogP contribution in [0.3, 0.4) is 0 Å². The van der Waals surface area contributed by atoms with E-state index < -0.39 is 0 Å². The number of para-hydroxylation sites is 1. The number of halogens is 1. The second-order valence-electron chi connectivity index (χ2n) is 3.75. The normalized spacial score (nSPS) is 9.95. The number of aryl methyl sites for hydroxylation is 1. The van der Waals surface area contributed by atoms with Crippen molar-refractivity contribution >= 4 is 23.5 Å². The fraction of sp³-hybridized carbons (Fsp3) is 0.0714. The van der Waals surface area contributed by atoms with Gasteiger partial charge in [0, 0.05) is 16.8 Å². The average molecular weight is 313 g/mol. The first-order valence-electron chi connectivity index (χ1n) is 5.43. The molecule has 2 aromatic carbocycles. The van der Waals surface area contributed by atoms with E-state index >= 15 is 0 Å². The third-order valence-corrected chi connectivity index (χ3v) is 2.70. The number of aliphatic imine (C=N–C) groups is 1. The van der Waals surface area contributed by atoms with Crippen LogP contribution in [0.4, 0.5) is 5.69 Å². The fourth-order valence-corrected chi connectivity index (χ4v) is 1.58. The molecule has 0 fully saturated rings. The zero-order chi connectivity index (χ0) is 14.3. The number of rotatable bonds is 2. The van der Waals surface area contributed by atoms with Crippen LogP contribution in [0.2, 0.25) is 5.02 Å². The molecule has 0 aliphatic carbocycles. The van der Waals surface area contributed by atoms with Gasteiger partial charge in [-0.05, 0) is 42.8 Å². The molecule has 2 aromatic rings. The van der Waals surface area contributed by atoms with Gasteiger partial charge in [-0.2, -0.15) is 0 Å². The third-order valence-electron chi connectivity index (χ3n) is 2.45. The van der Waals surface area contributed by atoms with Crippen molar-refractivity contribution in [2.24, 2.45) is 4.99 Å². The quantitative estimate of drug-likeness (QED) is 0.853. The van der Waals surface area contributed by atoms with Gasteiger partial charge in [-0.15, -0.1) is 0 Å². The molecule has 0 unspecified atom stereocenters. The number of aromatic hydroxyl groups is 1. The van der Waals surface area contributed by atoms with Crippen molar-refractivity contribution in [1.29, 1.82) is 0 Å². The molecule has 0 heterocycles. The first kappa shape index (κ1) is 15.6. The first-order chi connectivity index (χ1) is 9.16. The second kappa shape index (κ2) is 7.90. The molecule has 2 rings (SSSR count). The zero-order valence-corrected chi connectivity index (χ0v) is 12.4. The molecular formula is C14H12ClNO2V. The average Bonchev–Trinajstić information content (AvgIpc) is 2.44. The summed E-state index contributed by atoms with van der Waals surface area (Å²) >= 11 is 6.85. The number of hydrogen-bond acceptors (Lipinski definition) is 3. The number of benzene rings is 2. The van der Waals surface area contributed by atoms with E-state index in [0.29, 0.717) is 10.6 Å². The predicted molar refractivity (Wildman–Crippen MR) is 72.2 cm³/mol. The van der Waals surface area contributed by atoms with E-state index in [1.807, 2.05) is 37.3 Å². The summed E-state index contributed by atoms with van der Waals surface area (Å²) in [6.07, 6.45) is 1.64. The molecule has 1 N–H and O–H groups in total. The van der Waals surface area contributed by atoms with E-state index in [1.54, 1.807) is 18.3 Å². The zero-order valence-electron chi connectivity index (χ0n) is 10.2. The standard InChI is InChI=1S/C14H12ClNO.O.V/c1-10-3-2-4-11(14(10)17)9-16-13-7-5-12(15)6-8-13;;/h2-9,17H,1H3;;. The SMILES string of the molecule is Cc1cccc(C=Nc2ccc(Cl)cc2)c1O.[O]=[V]. The molecule has 0 saturated carbocycles. The molecule has 0 atom stereocenters. The maximum atomic E-state index is 9.81. The topological polar surface area (TPSA) is 49.7 Å². The maximum absolute atomic E-state index is 9.81. The Bertz CT molecular complexity index is 570. The Balaban J connectivity index is 0.000000861. The van der Waals surface area contributed by atoms with Crippen LogP contribution in [0.1, 0.15) is 11.1 Å². The molecule has 0 aromatic heterocycles. The van der Waals surface area contributed by atoms with Crippen LogP contribution in [0.5, 0.6) is 5.75 Å². The van der Waals surface area contributed by atoms with Crippen molar-refractivity contribution in [3.05, 3.63) is 58.6 Å². The summed E-state index contributed by atoms with van der Waals surface area (Å²) in [5, 5.41) is 10.5. The van der Waals surface area contributed by atoms with Crippen LogP contribution in [0, 0.1) is 6.92 Å². The molecule has 3 nitrogen and oxygen atoms in total. The molecule has 0 aliphatic rings.